The van der Waals surface area contributed by atoms with Crippen LogP contribution in [-0.2, 0) is 10.0 Å². The van der Waals surface area contributed by atoms with Crippen LogP contribution in [0, 0.1) is 0 Å². The Bertz CT molecular complexity index is 1540. The summed E-state index contributed by atoms with van der Waals surface area (Å²) in [6.45, 7) is 1.41. The standard InChI is InChI=1S/C24H19Cl4N5O2S/c25-15-1-6-18-20(7-8-29-21(18)13-15)31-16-2-4-17(5-3-16)36(34,35)33-11-9-32(10-12-33)24-23(28)22(27)19(26)14-30-24/h1-8,13-14H,9-12H2,(H,29,31). The maximum absolute atomic E-state index is 13.3. The number of nitrogens with zero attached hydrogens (tertiary/aromatic N) is 4. The van der Waals surface area contributed by atoms with Gasteiger partial charge in [-0.1, -0.05) is 46.4 Å². The molecule has 1 N–H and O–H groups in total. The fraction of sp³-hybridized carbons (Fsp3) is 0.167. The normalized spacial score (nSPS) is 14.8. The molecule has 0 bridgehead atoms. The molecule has 4 aromatic rings. The number of pyridine rings is 2. The summed E-state index contributed by atoms with van der Waals surface area (Å²) in [5, 5.41) is 5.60. The summed E-state index contributed by atoms with van der Waals surface area (Å²) < 4.78 is 28.0. The van der Waals surface area contributed by atoms with Crippen LogP contribution >= 0.6 is 46.4 Å². The molecule has 1 aliphatic rings. The maximum atomic E-state index is 13.3. The first-order chi connectivity index (χ1) is 17.2. The first kappa shape index (κ1) is 25.3. The molecule has 1 aliphatic heterocycles. The van der Waals surface area contributed by atoms with E-state index in [9.17, 15) is 8.42 Å². The van der Waals surface area contributed by atoms with Crippen LogP contribution in [0.5, 0.6) is 0 Å². The lowest BCUT2D eigenvalue weighted by atomic mass is 10.2. The number of hydrogen-bond acceptors (Lipinski definition) is 6. The van der Waals surface area contributed by atoms with Crippen LogP contribution in [0.4, 0.5) is 17.2 Å². The van der Waals surface area contributed by atoms with E-state index in [4.69, 9.17) is 46.4 Å². The van der Waals surface area contributed by atoms with Gasteiger partial charge in [-0.05, 0) is 48.5 Å². The summed E-state index contributed by atoms with van der Waals surface area (Å²) in [6.07, 6.45) is 3.13. The van der Waals surface area contributed by atoms with Gasteiger partial charge in [0, 0.05) is 60.4 Å². The molecule has 1 saturated heterocycles. The Morgan fingerprint density at radius 3 is 2.28 bits per heavy atom. The molecule has 1 fully saturated rings. The predicted molar refractivity (Wildman–Crippen MR) is 147 cm³/mol. The molecule has 186 valence electrons. The van der Waals surface area contributed by atoms with Crippen molar-refractivity contribution in [3.05, 3.63) is 81.0 Å². The Hall–Kier alpha value is -2.33. The number of hydrogen-bond donors (Lipinski definition) is 1. The van der Waals surface area contributed by atoms with Crippen LogP contribution in [0.1, 0.15) is 0 Å². The van der Waals surface area contributed by atoms with Crippen LogP contribution in [0.15, 0.2) is 65.8 Å². The van der Waals surface area contributed by atoms with Crippen LogP contribution in [0.3, 0.4) is 0 Å². The van der Waals surface area contributed by atoms with Crippen molar-refractivity contribution in [2.45, 2.75) is 4.90 Å². The number of piperazine rings is 1. The summed E-state index contributed by atoms with van der Waals surface area (Å²) in [5.41, 5.74) is 2.36. The molecule has 0 saturated carbocycles. The van der Waals surface area contributed by atoms with Gasteiger partial charge in [-0.25, -0.2) is 13.4 Å². The van der Waals surface area contributed by atoms with E-state index in [2.05, 4.69) is 15.3 Å². The zero-order chi connectivity index (χ0) is 25.4. The molecule has 0 unspecified atom stereocenters. The van der Waals surface area contributed by atoms with Crippen molar-refractivity contribution in [2.75, 3.05) is 36.4 Å². The Labute approximate surface area is 228 Å². The maximum Gasteiger partial charge on any atom is 0.243 e. The van der Waals surface area contributed by atoms with Crippen LogP contribution in [-0.4, -0.2) is 48.9 Å². The van der Waals surface area contributed by atoms with Gasteiger partial charge in [0.25, 0.3) is 0 Å². The van der Waals surface area contributed by atoms with Gasteiger partial charge in [0.2, 0.25) is 10.0 Å². The number of halogens is 4. The zero-order valence-corrected chi connectivity index (χ0v) is 22.5. The number of aromatic nitrogens is 2. The summed E-state index contributed by atoms with van der Waals surface area (Å²) in [6, 6.07) is 14.0. The number of sulfonamides is 1. The van der Waals surface area contributed by atoms with E-state index in [0.29, 0.717) is 23.9 Å². The van der Waals surface area contributed by atoms with Gasteiger partial charge in [-0.2, -0.15) is 4.31 Å². The number of benzene rings is 2. The molecule has 0 spiro atoms. The third kappa shape index (κ3) is 4.94. The minimum atomic E-state index is -3.67. The highest BCUT2D eigenvalue weighted by Crippen LogP contribution is 2.36. The van der Waals surface area contributed by atoms with E-state index in [1.54, 1.807) is 42.6 Å². The van der Waals surface area contributed by atoms with Crippen molar-refractivity contribution in [1.29, 1.82) is 0 Å². The lowest BCUT2D eigenvalue weighted by Gasteiger charge is -2.35. The number of anilines is 3. The summed E-state index contributed by atoms with van der Waals surface area (Å²) in [5.74, 6) is 0.490. The lowest BCUT2D eigenvalue weighted by molar-refractivity contribution is 0.384. The van der Waals surface area contributed by atoms with Gasteiger partial charge in [0.15, 0.2) is 0 Å². The minimum Gasteiger partial charge on any atom is -0.355 e. The Kier molecular flexibility index (Phi) is 7.18. The molecule has 0 amide bonds. The molecule has 12 heteroatoms. The Balaban J connectivity index is 1.29. The second-order valence-electron chi connectivity index (χ2n) is 8.12. The summed E-state index contributed by atoms with van der Waals surface area (Å²) >= 11 is 24.5. The average molecular weight is 583 g/mol. The van der Waals surface area contributed by atoms with Crippen LogP contribution in [0.2, 0.25) is 20.1 Å². The number of rotatable bonds is 5. The van der Waals surface area contributed by atoms with E-state index in [0.717, 1.165) is 22.3 Å². The van der Waals surface area contributed by atoms with Gasteiger partial charge in [0.05, 0.1) is 20.5 Å². The van der Waals surface area contributed by atoms with Gasteiger partial charge in [0.1, 0.15) is 10.8 Å². The lowest BCUT2D eigenvalue weighted by Crippen LogP contribution is -2.49. The fourth-order valence-electron chi connectivity index (χ4n) is 4.04. The average Bonchev–Trinajstić information content (AvgIpc) is 2.88. The van der Waals surface area contributed by atoms with Crippen molar-refractivity contribution in [3.8, 4) is 0 Å². The van der Waals surface area contributed by atoms with Crippen LogP contribution < -0.4 is 10.2 Å². The molecule has 5 rings (SSSR count). The zero-order valence-electron chi connectivity index (χ0n) is 18.6. The topological polar surface area (TPSA) is 78.4 Å². The number of fused-ring (bicyclic) bond motifs is 1. The molecule has 36 heavy (non-hydrogen) atoms. The monoisotopic (exact) mass is 581 g/mol. The van der Waals surface area contributed by atoms with Gasteiger partial charge in [-0.3, -0.25) is 4.98 Å². The quantitative estimate of drug-likeness (QED) is 0.289. The van der Waals surface area contributed by atoms with Crippen LogP contribution in [0.25, 0.3) is 10.9 Å². The van der Waals surface area contributed by atoms with E-state index in [-0.39, 0.29) is 33.1 Å². The van der Waals surface area contributed by atoms with Crippen molar-refractivity contribution in [1.82, 2.24) is 14.3 Å². The van der Waals surface area contributed by atoms with Gasteiger partial charge in [-0.15, -0.1) is 0 Å². The molecule has 0 aliphatic carbocycles. The summed E-state index contributed by atoms with van der Waals surface area (Å²) in [4.78, 5) is 10.7. The van der Waals surface area contributed by atoms with Gasteiger partial charge >= 0.3 is 0 Å². The smallest absolute Gasteiger partial charge is 0.243 e. The highest BCUT2D eigenvalue weighted by atomic mass is 35.5. The molecule has 2 aromatic carbocycles. The minimum absolute atomic E-state index is 0.221. The molecule has 0 radical (unpaired) electrons. The van der Waals surface area contributed by atoms with Gasteiger partial charge < -0.3 is 10.2 Å². The third-order valence-electron chi connectivity index (χ3n) is 5.91. The van der Waals surface area contributed by atoms with Crippen molar-refractivity contribution < 1.29 is 8.42 Å². The van der Waals surface area contributed by atoms with E-state index in [1.165, 1.54) is 10.5 Å². The second kappa shape index (κ2) is 10.2. The van der Waals surface area contributed by atoms with E-state index in [1.807, 2.05) is 17.0 Å². The molecule has 2 aromatic heterocycles. The first-order valence-electron chi connectivity index (χ1n) is 10.9. The predicted octanol–water partition coefficient (Wildman–Crippen LogP) is 6.50. The Morgan fingerprint density at radius 2 is 1.56 bits per heavy atom. The second-order valence-corrected chi connectivity index (χ2v) is 11.7. The van der Waals surface area contributed by atoms with E-state index >= 15 is 0 Å². The third-order valence-corrected chi connectivity index (χ3v) is 9.29. The fourth-order valence-corrected chi connectivity index (χ4v) is 6.22. The molecular weight excluding hydrogens is 564 g/mol. The van der Waals surface area contributed by atoms with E-state index < -0.39 is 10.0 Å². The Morgan fingerprint density at radius 1 is 0.833 bits per heavy atom. The number of nitrogens with one attached hydrogen (secondary N) is 1. The highest BCUT2D eigenvalue weighted by Gasteiger charge is 2.30. The molecular formula is C24H19Cl4N5O2S. The molecule has 3 heterocycles. The summed E-state index contributed by atoms with van der Waals surface area (Å²) in [7, 11) is -3.67. The SMILES string of the molecule is O=S(=O)(c1ccc(Nc2ccnc3cc(Cl)ccc23)cc1)N1CCN(c2ncc(Cl)c(Cl)c2Cl)CC1. The van der Waals surface area contributed by atoms with Crippen molar-refractivity contribution in [3.63, 3.8) is 0 Å². The largest absolute Gasteiger partial charge is 0.355 e. The molecule has 0 atom stereocenters. The van der Waals surface area contributed by atoms with Crippen molar-refractivity contribution in [2.24, 2.45) is 0 Å². The molecule has 7 nitrogen and oxygen atoms in total. The highest BCUT2D eigenvalue weighted by molar-refractivity contribution is 7.89. The first-order valence-corrected chi connectivity index (χ1v) is 13.9. The van der Waals surface area contributed by atoms with Crippen molar-refractivity contribution >= 4 is 84.5 Å².